The van der Waals surface area contributed by atoms with Crippen LogP contribution < -0.4 is 0 Å². The van der Waals surface area contributed by atoms with Crippen molar-refractivity contribution in [3.63, 3.8) is 0 Å². The minimum absolute atomic E-state index is 0.174. The van der Waals surface area contributed by atoms with E-state index in [0.717, 1.165) is 63.2 Å². The Bertz CT molecular complexity index is 438. The Kier molecular flexibility index (Phi) is 7.38. The van der Waals surface area contributed by atoms with Crippen molar-refractivity contribution in [1.82, 2.24) is 0 Å². The van der Waals surface area contributed by atoms with Crippen molar-refractivity contribution < 1.29 is 4.79 Å². The van der Waals surface area contributed by atoms with Crippen molar-refractivity contribution in [3.8, 4) is 6.07 Å². The highest BCUT2D eigenvalue weighted by Crippen LogP contribution is 2.35. The predicted molar refractivity (Wildman–Crippen MR) is 93.2 cm³/mol. The van der Waals surface area contributed by atoms with E-state index in [4.69, 9.17) is 0 Å². The number of rotatable bonds is 1. The molecular formula is C19H33N3O. The summed E-state index contributed by atoms with van der Waals surface area (Å²) in [5.41, 5.74) is -0.702. The first kappa shape index (κ1) is 19.8. The lowest BCUT2D eigenvalue weighted by Gasteiger charge is -2.29. The molecule has 0 aromatic heterocycles. The molecule has 2 saturated carbocycles. The van der Waals surface area contributed by atoms with E-state index in [-0.39, 0.29) is 5.54 Å². The van der Waals surface area contributed by atoms with Gasteiger partial charge in [0.1, 0.15) is 5.78 Å². The summed E-state index contributed by atoms with van der Waals surface area (Å²) in [6.07, 6.45) is 7.84. The van der Waals surface area contributed by atoms with Gasteiger partial charge < -0.3 is 0 Å². The minimum Gasteiger partial charge on any atom is -0.300 e. The highest BCUT2D eigenvalue weighted by atomic mass is 16.1. The number of nitriles is 1. The summed E-state index contributed by atoms with van der Waals surface area (Å²) in [5, 5.41) is 17.8. The summed E-state index contributed by atoms with van der Waals surface area (Å²) >= 11 is 0. The number of nitrogens with zero attached hydrogens (tertiary/aromatic N) is 3. The molecule has 23 heavy (non-hydrogen) atoms. The van der Waals surface area contributed by atoms with Crippen molar-refractivity contribution >= 4 is 5.78 Å². The van der Waals surface area contributed by atoms with Gasteiger partial charge in [0.25, 0.3) is 0 Å². The maximum absolute atomic E-state index is 10.6. The van der Waals surface area contributed by atoms with Gasteiger partial charge in [-0.2, -0.15) is 15.5 Å². The van der Waals surface area contributed by atoms with Crippen LogP contribution in [0.25, 0.3) is 0 Å². The van der Waals surface area contributed by atoms with E-state index in [1.54, 1.807) is 0 Å². The fourth-order valence-electron chi connectivity index (χ4n) is 2.80. The zero-order chi connectivity index (χ0) is 17.5. The van der Waals surface area contributed by atoms with Crippen molar-refractivity contribution in [2.24, 2.45) is 22.1 Å². The topological polar surface area (TPSA) is 65.6 Å². The number of carbonyl (C=O) groups excluding carboxylic acids is 1. The van der Waals surface area contributed by atoms with Crippen molar-refractivity contribution in [2.45, 2.75) is 97.1 Å². The molecule has 4 nitrogen and oxygen atoms in total. The summed E-state index contributed by atoms with van der Waals surface area (Å²) in [4.78, 5) is 10.6. The Morgan fingerprint density at radius 1 is 1.04 bits per heavy atom. The van der Waals surface area contributed by atoms with Crippen LogP contribution in [0.5, 0.6) is 0 Å². The normalized spacial score (nSPS) is 29.7. The lowest BCUT2D eigenvalue weighted by molar-refractivity contribution is -0.120. The standard InChI is InChI=1S/C12H21N3.C7H12O/c1-10-5-7-12(9-13,8-6-10)15-14-11(2,3)4;1-6-2-4-7(8)5-3-6/h10H,5-8H2,1-4H3;6H,2-5H2,1H3. The average Bonchev–Trinajstić information content (AvgIpc) is 2.50. The molecule has 0 spiro atoms. The molecule has 4 heteroatoms. The van der Waals surface area contributed by atoms with Crippen LogP contribution in [-0.4, -0.2) is 16.9 Å². The fourth-order valence-corrected chi connectivity index (χ4v) is 2.80. The van der Waals surface area contributed by atoms with Gasteiger partial charge in [-0.15, -0.1) is 0 Å². The Hall–Kier alpha value is -1.24. The Morgan fingerprint density at radius 2 is 1.52 bits per heavy atom. The van der Waals surface area contributed by atoms with Crippen LogP contribution >= 0.6 is 0 Å². The Labute approximate surface area is 141 Å². The molecule has 0 saturated heterocycles. The first-order chi connectivity index (χ1) is 10.7. The summed E-state index contributed by atoms with van der Waals surface area (Å²) in [7, 11) is 0. The molecule has 2 aliphatic rings. The van der Waals surface area contributed by atoms with Gasteiger partial charge >= 0.3 is 0 Å². The van der Waals surface area contributed by atoms with Gasteiger partial charge in [-0.1, -0.05) is 13.8 Å². The third-order valence-corrected chi connectivity index (χ3v) is 4.68. The molecule has 0 heterocycles. The van der Waals surface area contributed by atoms with Crippen LogP contribution in [0, 0.1) is 23.2 Å². The summed E-state index contributed by atoms with van der Waals surface area (Å²) < 4.78 is 0. The van der Waals surface area contributed by atoms with Gasteiger partial charge in [-0.3, -0.25) is 4.79 Å². The highest BCUT2D eigenvalue weighted by molar-refractivity contribution is 5.78. The van der Waals surface area contributed by atoms with E-state index in [0.29, 0.717) is 5.78 Å². The largest absolute Gasteiger partial charge is 0.300 e. The third kappa shape index (κ3) is 7.72. The molecule has 0 N–H and O–H groups in total. The summed E-state index contributed by atoms with van der Waals surface area (Å²) in [6.45, 7) is 10.5. The van der Waals surface area contributed by atoms with Gasteiger partial charge in [-0.25, -0.2) is 0 Å². The number of carbonyl (C=O) groups is 1. The maximum atomic E-state index is 10.6. The molecule has 0 aromatic carbocycles. The monoisotopic (exact) mass is 319 g/mol. The van der Waals surface area contributed by atoms with Crippen LogP contribution in [0.2, 0.25) is 0 Å². The second-order valence-corrected chi connectivity index (χ2v) is 8.42. The van der Waals surface area contributed by atoms with Crippen LogP contribution in [0.15, 0.2) is 10.2 Å². The molecule has 0 amide bonds. The first-order valence-corrected chi connectivity index (χ1v) is 9.03. The predicted octanol–water partition coefficient (Wildman–Crippen LogP) is 5.48. The summed E-state index contributed by atoms with van der Waals surface area (Å²) in [5.74, 6) is 1.99. The number of hydrogen-bond acceptors (Lipinski definition) is 4. The quantitative estimate of drug-likeness (QED) is 0.601. The molecule has 2 fully saturated rings. The number of Topliss-reactive ketones (excluding diaryl/α,β-unsaturated/α-hetero) is 1. The van der Waals surface area contributed by atoms with Gasteiger partial charge in [0, 0.05) is 12.8 Å². The lowest BCUT2D eigenvalue weighted by Crippen LogP contribution is -2.30. The average molecular weight is 319 g/mol. The van der Waals surface area contributed by atoms with Gasteiger partial charge in [0.05, 0.1) is 11.6 Å². The number of ketones is 1. The molecule has 2 rings (SSSR count). The van der Waals surface area contributed by atoms with Crippen molar-refractivity contribution in [2.75, 3.05) is 0 Å². The second-order valence-electron chi connectivity index (χ2n) is 8.42. The zero-order valence-electron chi connectivity index (χ0n) is 15.6. The molecule has 0 unspecified atom stereocenters. The van der Waals surface area contributed by atoms with Crippen molar-refractivity contribution in [1.29, 1.82) is 5.26 Å². The minimum atomic E-state index is -0.528. The van der Waals surface area contributed by atoms with Gasteiger partial charge in [0.2, 0.25) is 0 Å². The maximum Gasteiger partial charge on any atom is 0.167 e. The van der Waals surface area contributed by atoms with E-state index in [2.05, 4.69) is 30.1 Å². The summed E-state index contributed by atoms with van der Waals surface area (Å²) in [6, 6.07) is 2.35. The van der Waals surface area contributed by atoms with E-state index in [1.165, 1.54) is 0 Å². The van der Waals surface area contributed by atoms with E-state index in [9.17, 15) is 10.1 Å². The van der Waals surface area contributed by atoms with Crippen LogP contribution in [0.4, 0.5) is 0 Å². The lowest BCUT2D eigenvalue weighted by atomic mass is 9.79. The molecule has 0 atom stereocenters. The van der Waals surface area contributed by atoms with E-state index >= 15 is 0 Å². The third-order valence-electron chi connectivity index (χ3n) is 4.68. The van der Waals surface area contributed by atoms with E-state index in [1.807, 2.05) is 20.8 Å². The molecule has 130 valence electrons. The van der Waals surface area contributed by atoms with Crippen LogP contribution in [-0.2, 0) is 4.79 Å². The second kappa shape index (κ2) is 8.57. The van der Waals surface area contributed by atoms with Gasteiger partial charge in [-0.05, 0) is 71.1 Å². The number of azo groups is 1. The first-order valence-electron chi connectivity index (χ1n) is 9.03. The number of hydrogen-bond donors (Lipinski definition) is 0. The molecule has 0 radical (unpaired) electrons. The SMILES string of the molecule is CC1CCC(=O)CC1.CC1CCC(C#N)(N=NC(C)(C)C)CC1. The Balaban J connectivity index is 0.000000277. The fraction of sp³-hybridized carbons (Fsp3) is 0.895. The molecule has 0 aliphatic heterocycles. The van der Waals surface area contributed by atoms with Crippen LogP contribution in [0.3, 0.4) is 0 Å². The smallest absolute Gasteiger partial charge is 0.167 e. The van der Waals surface area contributed by atoms with Crippen molar-refractivity contribution in [3.05, 3.63) is 0 Å². The molecule has 0 bridgehead atoms. The highest BCUT2D eigenvalue weighted by Gasteiger charge is 2.34. The molecular weight excluding hydrogens is 286 g/mol. The molecule has 2 aliphatic carbocycles. The zero-order valence-corrected chi connectivity index (χ0v) is 15.6. The Morgan fingerprint density at radius 3 is 1.91 bits per heavy atom. The van der Waals surface area contributed by atoms with Gasteiger partial charge in [0.15, 0.2) is 5.54 Å². The van der Waals surface area contributed by atoms with Crippen LogP contribution in [0.1, 0.15) is 86.0 Å². The van der Waals surface area contributed by atoms with E-state index < -0.39 is 5.54 Å². The molecule has 0 aromatic rings.